The standard InChI is InChI=1S/C26H33N3O6/c1-7-28(8-2)13-14-29-22(17-11-9-10-12-18(17)34-5)20(24(31)25(29)32)23(30)19-15(3)21(26(33)35-6)27-16(19)4/h9-12,22,27,30H,7-8,13-14H2,1-6H3/p+1/t22-/m1/s1. The van der Waals surface area contributed by atoms with Crippen molar-refractivity contribution in [2.75, 3.05) is 40.4 Å². The molecule has 1 aliphatic heterocycles. The number of nitrogens with one attached hydrogen (secondary N) is 2. The van der Waals surface area contributed by atoms with E-state index in [0.29, 0.717) is 41.2 Å². The van der Waals surface area contributed by atoms with Crippen molar-refractivity contribution in [3.05, 3.63) is 57.9 Å². The van der Waals surface area contributed by atoms with E-state index in [1.54, 1.807) is 38.1 Å². The van der Waals surface area contributed by atoms with Gasteiger partial charge in [0.05, 0.1) is 52.0 Å². The zero-order valence-corrected chi connectivity index (χ0v) is 21.2. The molecule has 1 atom stereocenters. The van der Waals surface area contributed by atoms with E-state index in [9.17, 15) is 19.5 Å². The molecule has 1 aromatic heterocycles. The number of esters is 1. The minimum Gasteiger partial charge on any atom is -0.507 e. The zero-order valence-electron chi connectivity index (χ0n) is 21.2. The van der Waals surface area contributed by atoms with Crippen molar-refractivity contribution >= 4 is 23.4 Å². The van der Waals surface area contributed by atoms with Gasteiger partial charge in [0.15, 0.2) is 0 Å². The van der Waals surface area contributed by atoms with Gasteiger partial charge in [-0.1, -0.05) is 18.2 Å². The molecule has 35 heavy (non-hydrogen) atoms. The Labute approximate surface area is 205 Å². The number of carbonyl (C=O) groups is 3. The monoisotopic (exact) mass is 484 g/mol. The Morgan fingerprint density at radius 3 is 2.40 bits per heavy atom. The molecule has 3 rings (SSSR count). The van der Waals surface area contributed by atoms with E-state index in [2.05, 4.69) is 18.8 Å². The van der Waals surface area contributed by atoms with E-state index in [1.807, 2.05) is 0 Å². The number of likely N-dealkylation sites (N-methyl/N-ethyl adjacent to an activating group) is 1. The van der Waals surface area contributed by atoms with Crippen LogP contribution in [0.4, 0.5) is 0 Å². The highest BCUT2D eigenvalue weighted by Crippen LogP contribution is 2.43. The maximum Gasteiger partial charge on any atom is 0.354 e. The quantitative estimate of drug-likeness (QED) is 0.216. The number of aromatic nitrogens is 1. The van der Waals surface area contributed by atoms with Crippen LogP contribution in [0, 0.1) is 13.8 Å². The van der Waals surface area contributed by atoms with Crippen LogP contribution in [0.15, 0.2) is 29.8 Å². The molecule has 188 valence electrons. The van der Waals surface area contributed by atoms with Crippen molar-refractivity contribution in [2.45, 2.75) is 33.7 Å². The van der Waals surface area contributed by atoms with Gasteiger partial charge < -0.3 is 29.4 Å². The minimum atomic E-state index is -0.837. The largest absolute Gasteiger partial charge is 0.507 e. The number of rotatable bonds is 9. The first kappa shape index (κ1) is 26.0. The molecule has 2 aromatic rings. The molecule has 0 unspecified atom stereocenters. The fourth-order valence-electron chi connectivity index (χ4n) is 4.75. The fraction of sp³-hybridized carbons (Fsp3) is 0.423. The van der Waals surface area contributed by atoms with Crippen molar-refractivity contribution in [1.82, 2.24) is 9.88 Å². The number of aromatic amines is 1. The third-order valence-corrected chi connectivity index (χ3v) is 6.74. The number of methoxy groups -OCH3 is 2. The summed E-state index contributed by atoms with van der Waals surface area (Å²) in [6, 6.07) is 6.31. The van der Waals surface area contributed by atoms with Gasteiger partial charge in [0.1, 0.15) is 17.2 Å². The molecule has 0 aliphatic carbocycles. The first-order valence-electron chi connectivity index (χ1n) is 11.7. The summed E-state index contributed by atoms with van der Waals surface area (Å²) in [5.74, 6) is -1.87. The molecule has 1 saturated heterocycles. The molecule has 0 saturated carbocycles. The highest BCUT2D eigenvalue weighted by Gasteiger charge is 2.47. The molecule has 0 spiro atoms. The van der Waals surface area contributed by atoms with E-state index in [4.69, 9.17) is 9.47 Å². The molecule has 9 heteroatoms. The summed E-state index contributed by atoms with van der Waals surface area (Å²) in [5.41, 5.74) is 1.97. The topological polar surface area (TPSA) is 113 Å². The van der Waals surface area contributed by atoms with Gasteiger partial charge in [-0.15, -0.1) is 0 Å². The lowest BCUT2D eigenvalue weighted by atomic mass is 9.93. The summed E-state index contributed by atoms with van der Waals surface area (Å²) in [6.45, 7) is 10.2. The van der Waals surface area contributed by atoms with Crippen LogP contribution in [0.25, 0.3) is 5.76 Å². The van der Waals surface area contributed by atoms with E-state index >= 15 is 0 Å². The molecular weight excluding hydrogens is 450 g/mol. The van der Waals surface area contributed by atoms with Crippen molar-refractivity contribution in [1.29, 1.82) is 0 Å². The number of ketones is 1. The number of hydrogen-bond acceptors (Lipinski definition) is 6. The minimum absolute atomic E-state index is 0.0318. The van der Waals surface area contributed by atoms with Crippen LogP contribution in [0.5, 0.6) is 5.75 Å². The Morgan fingerprint density at radius 2 is 1.80 bits per heavy atom. The second-order valence-electron chi connectivity index (χ2n) is 8.56. The first-order chi connectivity index (χ1) is 16.7. The van der Waals surface area contributed by atoms with Crippen molar-refractivity contribution < 1.29 is 33.9 Å². The number of H-pyrrole nitrogens is 1. The molecule has 1 aliphatic rings. The highest BCUT2D eigenvalue weighted by molar-refractivity contribution is 6.46. The second-order valence-corrected chi connectivity index (χ2v) is 8.56. The lowest BCUT2D eigenvalue weighted by molar-refractivity contribution is -0.895. The Balaban J connectivity index is 2.23. The predicted octanol–water partition coefficient (Wildman–Crippen LogP) is 1.77. The maximum atomic E-state index is 13.4. The van der Waals surface area contributed by atoms with Crippen LogP contribution in [-0.2, 0) is 14.3 Å². The predicted molar refractivity (Wildman–Crippen MR) is 131 cm³/mol. The summed E-state index contributed by atoms with van der Waals surface area (Å²) < 4.78 is 10.4. The number of amides is 1. The molecule has 1 aromatic carbocycles. The van der Waals surface area contributed by atoms with Crippen molar-refractivity contribution in [2.24, 2.45) is 0 Å². The average molecular weight is 485 g/mol. The number of ether oxygens (including phenoxy) is 2. The number of nitrogens with zero attached hydrogens (tertiary/aromatic N) is 1. The van der Waals surface area contributed by atoms with Crippen LogP contribution in [0.2, 0.25) is 0 Å². The highest BCUT2D eigenvalue weighted by atomic mass is 16.5. The number of para-hydroxylation sites is 1. The number of quaternary nitrogens is 1. The van der Waals surface area contributed by atoms with E-state index in [0.717, 1.165) is 13.1 Å². The summed E-state index contributed by atoms with van der Waals surface area (Å²) in [7, 11) is 2.79. The molecular formula is C26H34N3O6+. The summed E-state index contributed by atoms with van der Waals surface area (Å²) in [6.07, 6.45) is 0. The van der Waals surface area contributed by atoms with Gasteiger partial charge in [0, 0.05) is 16.8 Å². The second kappa shape index (κ2) is 10.8. The molecule has 9 nitrogen and oxygen atoms in total. The van der Waals surface area contributed by atoms with Gasteiger partial charge in [-0.05, 0) is 39.3 Å². The van der Waals surface area contributed by atoms with E-state index in [1.165, 1.54) is 24.0 Å². The number of likely N-dealkylation sites (tertiary alicyclic amines) is 1. The average Bonchev–Trinajstić information content (AvgIpc) is 3.30. The third kappa shape index (κ3) is 4.68. The van der Waals surface area contributed by atoms with Crippen molar-refractivity contribution in [3.8, 4) is 5.75 Å². The number of carbonyl (C=O) groups excluding carboxylic acids is 3. The van der Waals surface area contributed by atoms with Gasteiger partial charge in [0.25, 0.3) is 11.7 Å². The fourth-order valence-corrected chi connectivity index (χ4v) is 4.75. The zero-order chi connectivity index (χ0) is 25.9. The van der Waals surface area contributed by atoms with Gasteiger partial charge in [0.2, 0.25) is 0 Å². The van der Waals surface area contributed by atoms with Gasteiger partial charge in [-0.25, -0.2) is 4.79 Å². The Hall–Kier alpha value is -3.59. The Morgan fingerprint density at radius 1 is 1.14 bits per heavy atom. The Kier molecular flexibility index (Phi) is 8.01. The molecule has 1 fully saturated rings. The van der Waals surface area contributed by atoms with Crippen molar-refractivity contribution in [3.63, 3.8) is 0 Å². The number of aliphatic hydroxyl groups excluding tert-OH is 1. The summed E-state index contributed by atoms with van der Waals surface area (Å²) in [4.78, 5) is 44.5. The first-order valence-corrected chi connectivity index (χ1v) is 11.7. The smallest absolute Gasteiger partial charge is 0.354 e. The molecule has 0 bridgehead atoms. The number of aryl methyl sites for hydroxylation is 1. The normalized spacial score (nSPS) is 17.3. The number of Topliss-reactive ketones (excluding diaryl/α,β-unsaturated/α-hetero) is 1. The maximum absolute atomic E-state index is 13.4. The Bertz CT molecular complexity index is 1160. The van der Waals surface area contributed by atoms with Crippen LogP contribution in [0.3, 0.4) is 0 Å². The number of hydrogen-bond donors (Lipinski definition) is 3. The lowest BCUT2D eigenvalue weighted by Crippen LogP contribution is -3.12. The molecule has 3 N–H and O–H groups in total. The molecule has 0 radical (unpaired) electrons. The van der Waals surface area contributed by atoms with Crippen LogP contribution >= 0.6 is 0 Å². The number of benzene rings is 1. The molecule has 1 amide bonds. The van der Waals surface area contributed by atoms with Gasteiger partial charge in [-0.3, -0.25) is 9.59 Å². The van der Waals surface area contributed by atoms with E-state index < -0.39 is 23.7 Å². The van der Waals surface area contributed by atoms with Crippen LogP contribution in [0.1, 0.15) is 52.8 Å². The SMILES string of the molecule is CC[NH+](CC)CCN1C(=O)C(=O)C(=C(O)c2c(C)[nH]c(C(=O)OC)c2C)[C@H]1c1ccccc1OC. The van der Waals surface area contributed by atoms with Crippen LogP contribution in [-0.4, -0.2) is 73.0 Å². The molecule has 2 heterocycles. The number of aliphatic hydroxyl groups is 1. The third-order valence-electron chi connectivity index (χ3n) is 6.74. The lowest BCUT2D eigenvalue weighted by Gasteiger charge is -2.27. The van der Waals surface area contributed by atoms with Crippen LogP contribution < -0.4 is 9.64 Å². The van der Waals surface area contributed by atoms with E-state index in [-0.39, 0.29) is 17.0 Å². The summed E-state index contributed by atoms with van der Waals surface area (Å²) >= 11 is 0. The van der Waals surface area contributed by atoms with Gasteiger partial charge >= 0.3 is 5.97 Å². The summed E-state index contributed by atoms with van der Waals surface area (Å²) in [5, 5.41) is 11.5. The van der Waals surface area contributed by atoms with Gasteiger partial charge in [-0.2, -0.15) is 0 Å².